The van der Waals surface area contributed by atoms with E-state index in [9.17, 15) is 9.59 Å². The van der Waals surface area contributed by atoms with E-state index >= 15 is 0 Å². The van der Waals surface area contributed by atoms with E-state index in [0.29, 0.717) is 53.2 Å². The number of amides is 2. The van der Waals surface area contributed by atoms with Crippen LogP contribution in [-0.4, -0.2) is 49.3 Å². The number of thiophene rings is 1. The second-order valence-electron chi connectivity index (χ2n) is 9.71. The topological polar surface area (TPSA) is 77.1 Å². The Morgan fingerprint density at radius 2 is 1.78 bits per heavy atom. The van der Waals surface area contributed by atoms with Gasteiger partial charge in [-0.05, 0) is 75.1 Å². The lowest BCUT2D eigenvalue weighted by molar-refractivity contribution is -0.000972. The molecule has 2 amide bonds. The molecule has 4 rings (SSSR count). The number of halogens is 1. The van der Waals surface area contributed by atoms with Gasteiger partial charge < -0.3 is 24.4 Å². The number of anilines is 1. The van der Waals surface area contributed by atoms with Crippen molar-refractivity contribution >= 4 is 40.6 Å². The minimum Gasteiger partial charge on any atom is -0.493 e. The molecule has 196 valence electrons. The SMILES string of the molecule is COc1cc(NC(=O)c2sc(-c3ccc(Cl)cc3)cc2CCOC(C)(C)C)ccc1OC(=O)N1CCC1. The highest BCUT2D eigenvalue weighted by Gasteiger charge is 2.24. The average molecular weight is 543 g/mol. The van der Waals surface area contributed by atoms with Crippen LogP contribution >= 0.6 is 22.9 Å². The Balaban J connectivity index is 1.54. The van der Waals surface area contributed by atoms with Crippen LogP contribution in [0.3, 0.4) is 0 Å². The van der Waals surface area contributed by atoms with Crippen molar-refractivity contribution in [3.8, 4) is 21.9 Å². The normalized spacial score (nSPS) is 13.2. The number of likely N-dealkylation sites (tertiary alicyclic amines) is 1. The molecule has 1 aromatic heterocycles. The number of ether oxygens (including phenoxy) is 3. The lowest BCUT2D eigenvalue weighted by atomic mass is 10.1. The van der Waals surface area contributed by atoms with Gasteiger partial charge in [-0.1, -0.05) is 23.7 Å². The molecule has 2 aromatic carbocycles. The molecular formula is C28H31ClN2O5S. The minimum atomic E-state index is -0.406. The monoisotopic (exact) mass is 542 g/mol. The summed E-state index contributed by atoms with van der Waals surface area (Å²) in [7, 11) is 1.49. The fourth-order valence-electron chi connectivity index (χ4n) is 3.71. The van der Waals surface area contributed by atoms with Crippen molar-refractivity contribution in [3.05, 3.63) is 64.0 Å². The number of hydrogen-bond donors (Lipinski definition) is 1. The largest absolute Gasteiger partial charge is 0.493 e. The second-order valence-corrected chi connectivity index (χ2v) is 11.2. The summed E-state index contributed by atoms with van der Waals surface area (Å²) in [6.07, 6.45) is 1.17. The molecule has 1 fully saturated rings. The Morgan fingerprint density at radius 3 is 2.41 bits per heavy atom. The number of carbonyl (C=O) groups is 2. The highest BCUT2D eigenvalue weighted by molar-refractivity contribution is 7.17. The second kappa shape index (κ2) is 11.5. The summed E-state index contributed by atoms with van der Waals surface area (Å²) in [5.74, 6) is 0.431. The van der Waals surface area contributed by atoms with Gasteiger partial charge in [-0.25, -0.2) is 4.79 Å². The van der Waals surface area contributed by atoms with E-state index < -0.39 is 6.09 Å². The van der Waals surface area contributed by atoms with E-state index in [1.807, 2.05) is 51.1 Å². The lowest BCUT2D eigenvalue weighted by Gasteiger charge is -2.29. The van der Waals surface area contributed by atoms with Gasteiger partial charge in [0.1, 0.15) is 0 Å². The quantitative estimate of drug-likeness (QED) is 0.335. The standard InChI is InChI=1S/C28H31ClN2O5S/c1-28(2,3)35-15-12-19-16-24(18-6-8-20(29)9-7-18)37-25(19)26(32)30-21-10-11-22(23(17-21)34-4)36-27(33)31-13-5-14-31/h6-11,16-17H,5,12-15H2,1-4H3,(H,30,32). The van der Waals surface area contributed by atoms with E-state index in [2.05, 4.69) is 5.32 Å². The maximum absolute atomic E-state index is 13.4. The summed E-state index contributed by atoms with van der Waals surface area (Å²) in [5, 5.41) is 3.62. The van der Waals surface area contributed by atoms with Crippen molar-refractivity contribution in [1.29, 1.82) is 0 Å². The third-order valence-electron chi connectivity index (χ3n) is 5.78. The molecule has 7 nitrogen and oxygen atoms in total. The highest BCUT2D eigenvalue weighted by Crippen LogP contribution is 2.35. The summed E-state index contributed by atoms with van der Waals surface area (Å²) in [4.78, 5) is 28.8. The van der Waals surface area contributed by atoms with Crippen molar-refractivity contribution in [2.75, 3.05) is 32.1 Å². The van der Waals surface area contributed by atoms with Crippen molar-refractivity contribution in [1.82, 2.24) is 4.90 Å². The predicted molar refractivity (Wildman–Crippen MR) is 147 cm³/mol. The van der Waals surface area contributed by atoms with Gasteiger partial charge in [-0.2, -0.15) is 0 Å². The first-order chi connectivity index (χ1) is 17.6. The van der Waals surface area contributed by atoms with Crippen molar-refractivity contribution < 1.29 is 23.8 Å². The predicted octanol–water partition coefficient (Wildman–Crippen LogP) is 6.89. The van der Waals surface area contributed by atoms with Gasteiger partial charge in [0.15, 0.2) is 11.5 Å². The molecule has 9 heteroatoms. The Bertz CT molecular complexity index is 1260. The van der Waals surface area contributed by atoms with Gasteiger partial charge in [0.25, 0.3) is 5.91 Å². The third kappa shape index (κ3) is 7.03. The van der Waals surface area contributed by atoms with Crippen molar-refractivity contribution in [2.24, 2.45) is 0 Å². The Morgan fingerprint density at radius 1 is 1.05 bits per heavy atom. The van der Waals surface area contributed by atoms with Gasteiger partial charge in [0.05, 0.1) is 24.2 Å². The van der Waals surface area contributed by atoms with Crippen LogP contribution in [0.25, 0.3) is 10.4 Å². The highest BCUT2D eigenvalue weighted by atomic mass is 35.5. The fourth-order valence-corrected chi connectivity index (χ4v) is 4.94. The number of nitrogens with zero attached hydrogens (tertiary/aromatic N) is 1. The molecule has 0 aliphatic carbocycles. The zero-order valence-electron chi connectivity index (χ0n) is 21.4. The van der Waals surface area contributed by atoms with Crippen LogP contribution in [0, 0.1) is 0 Å². The minimum absolute atomic E-state index is 0.233. The molecule has 0 bridgehead atoms. The first-order valence-corrected chi connectivity index (χ1v) is 13.3. The van der Waals surface area contributed by atoms with E-state index in [4.69, 9.17) is 25.8 Å². The van der Waals surface area contributed by atoms with Gasteiger partial charge in [0, 0.05) is 34.7 Å². The Hall–Kier alpha value is -3.07. The molecular weight excluding hydrogens is 512 g/mol. The summed E-state index contributed by atoms with van der Waals surface area (Å²) >= 11 is 7.48. The molecule has 3 aromatic rings. The van der Waals surface area contributed by atoms with Crippen LogP contribution in [-0.2, 0) is 11.2 Å². The molecule has 1 aliphatic heterocycles. The molecule has 0 saturated carbocycles. The number of methoxy groups -OCH3 is 1. The van der Waals surface area contributed by atoms with Gasteiger partial charge >= 0.3 is 6.09 Å². The van der Waals surface area contributed by atoms with Gasteiger partial charge in [-0.15, -0.1) is 11.3 Å². The fraction of sp³-hybridized carbons (Fsp3) is 0.357. The molecule has 1 saturated heterocycles. The number of benzene rings is 2. The molecule has 37 heavy (non-hydrogen) atoms. The van der Waals surface area contributed by atoms with E-state index in [0.717, 1.165) is 22.4 Å². The van der Waals surface area contributed by atoms with Crippen LogP contribution in [0.4, 0.5) is 10.5 Å². The first-order valence-electron chi connectivity index (χ1n) is 12.1. The van der Waals surface area contributed by atoms with Crippen molar-refractivity contribution in [3.63, 3.8) is 0 Å². The number of carbonyl (C=O) groups excluding carboxylic acids is 2. The van der Waals surface area contributed by atoms with Gasteiger partial charge in [0.2, 0.25) is 0 Å². The van der Waals surface area contributed by atoms with Crippen LogP contribution in [0.15, 0.2) is 48.5 Å². The summed E-state index contributed by atoms with van der Waals surface area (Å²) in [6, 6.07) is 14.5. The summed E-state index contributed by atoms with van der Waals surface area (Å²) in [6.45, 7) is 7.89. The zero-order valence-corrected chi connectivity index (χ0v) is 23.0. The van der Waals surface area contributed by atoms with Crippen LogP contribution < -0.4 is 14.8 Å². The number of rotatable bonds is 8. The maximum Gasteiger partial charge on any atom is 0.415 e. The first kappa shape index (κ1) is 27.0. The molecule has 1 aliphatic rings. The molecule has 0 atom stereocenters. The summed E-state index contributed by atoms with van der Waals surface area (Å²) in [5.41, 5.74) is 2.16. The van der Waals surface area contributed by atoms with Gasteiger partial charge in [-0.3, -0.25) is 4.79 Å². The van der Waals surface area contributed by atoms with E-state index in [1.165, 1.54) is 18.4 Å². The molecule has 0 radical (unpaired) electrons. The lowest BCUT2D eigenvalue weighted by Crippen LogP contribution is -2.43. The molecule has 0 unspecified atom stereocenters. The maximum atomic E-state index is 13.4. The van der Waals surface area contributed by atoms with Crippen LogP contribution in [0.5, 0.6) is 11.5 Å². The van der Waals surface area contributed by atoms with Crippen LogP contribution in [0.1, 0.15) is 42.4 Å². The third-order valence-corrected chi connectivity index (χ3v) is 7.26. The molecule has 1 N–H and O–H groups in total. The molecule has 2 heterocycles. The number of nitrogens with one attached hydrogen (secondary N) is 1. The molecule has 0 spiro atoms. The Labute approximate surface area is 226 Å². The average Bonchev–Trinajstić information content (AvgIpc) is 3.22. The van der Waals surface area contributed by atoms with E-state index in [1.54, 1.807) is 23.1 Å². The van der Waals surface area contributed by atoms with Crippen LogP contribution in [0.2, 0.25) is 5.02 Å². The van der Waals surface area contributed by atoms with E-state index in [-0.39, 0.29) is 11.5 Å². The Kier molecular flexibility index (Phi) is 8.42. The summed E-state index contributed by atoms with van der Waals surface area (Å²) < 4.78 is 16.8. The zero-order chi connectivity index (χ0) is 26.6. The number of hydrogen-bond acceptors (Lipinski definition) is 6. The van der Waals surface area contributed by atoms with Crippen molar-refractivity contribution in [2.45, 2.75) is 39.2 Å². The smallest absolute Gasteiger partial charge is 0.415 e.